The lowest BCUT2D eigenvalue weighted by Gasteiger charge is -2.13. The lowest BCUT2D eigenvalue weighted by molar-refractivity contribution is 0.0696. The highest BCUT2D eigenvalue weighted by atomic mass is 16.4. The van der Waals surface area contributed by atoms with E-state index in [0.717, 1.165) is 18.7 Å². The van der Waals surface area contributed by atoms with Gasteiger partial charge >= 0.3 is 5.97 Å². The van der Waals surface area contributed by atoms with Crippen LogP contribution in [0.3, 0.4) is 0 Å². The zero-order valence-corrected chi connectivity index (χ0v) is 12.0. The maximum atomic E-state index is 11.9. The van der Waals surface area contributed by atoms with E-state index in [9.17, 15) is 9.59 Å². The lowest BCUT2D eigenvalue weighted by atomic mass is 10.2. The molecule has 0 aliphatic heterocycles. The molecule has 0 unspecified atom stereocenters. The summed E-state index contributed by atoms with van der Waals surface area (Å²) in [6.45, 7) is 0. The molecule has 1 aliphatic carbocycles. The first-order valence-corrected chi connectivity index (χ1v) is 7.32. The van der Waals surface area contributed by atoms with E-state index in [2.05, 4.69) is 10.3 Å². The molecule has 2 aromatic rings. The third-order valence-corrected chi connectivity index (χ3v) is 3.89. The normalized spacial score (nSPS) is 14.9. The number of nitrogens with one attached hydrogen (secondary N) is 1. The summed E-state index contributed by atoms with van der Waals surface area (Å²) in [5, 5.41) is 12.4. The van der Waals surface area contributed by atoms with Crippen LogP contribution in [-0.2, 0) is 0 Å². The molecule has 2 N–H and O–H groups in total. The second kappa shape index (κ2) is 6.01. The molecular weight excluding hydrogens is 282 g/mol. The van der Waals surface area contributed by atoms with Crippen LogP contribution in [0.25, 0.3) is 5.69 Å². The van der Waals surface area contributed by atoms with Gasteiger partial charge in [-0.2, -0.15) is 0 Å². The molecule has 0 bridgehead atoms. The van der Waals surface area contributed by atoms with Gasteiger partial charge in [0.15, 0.2) is 0 Å². The molecule has 0 saturated heterocycles. The van der Waals surface area contributed by atoms with Crippen LogP contribution >= 0.6 is 0 Å². The zero-order chi connectivity index (χ0) is 15.5. The molecule has 0 radical (unpaired) electrons. The maximum Gasteiger partial charge on any atom is 0.337 e. The standard InChI is InChI=1S/C16H17N3O3/c20-15-8-5-11(16(21)22)10-19(15)13-6-7-14(17-9-13)18-12-3-1-2-4-12/h5-10,12H,1-4H2,(H,17,18)(H,21,22). The third-order valence-electron chi connectivity index (χ3n) is 3.89. The van der Waals surface area contributed by atoms with Gasteiger partial charge in [0.1, 0.15) is 5.82 Å². The Morgan fingerprint density at radius 3 is 2.64 bits per heavy atom. The molecule has 6 nitrogen and oxygen atoms in total. The average Bonchev–Trinajstić information content (AvgIpc) is 3.01. The number of carboxylic acids is 1. The van der Waals surface area contributed by atoms with Crippen LogP contribution < -0.4 is 10.9 Å². The minimum Gasteiger partial charge on any atom is -0.478 e. The summed E-state index contributed by atoms with van der Waals surface area (Å²) in [6.07, 6.45) is 7.68. The molecule has 0 atom stereocenters. The van der Waals surface area contributed by atoms with Crippen molar-refractivity contribution in [3.8, 4) is 5.69 Å². The van der Waals surface area contributed by atoms with Gasteiger partial charge in [-0.3, -0.25) is 9.36 Å². The minimum absolute atomic E-state index is 0.0627. The monoisotopic (exact) mass is 299 g/mol. The van der Waals surface area contributed by atoms with Crippen molar-refractivity contribution in [2.75, 3.05) is 5.32 Å². The summed E-state index contributed by atoms with van der Waals surface area (Å²) in [6, 6.07) is 6.58. The van der Waals surface area contributed by atoms with Gasteiger partial charge in [0.2, 0.25) is 0 Å². The van der Waals surface area contributed by atoms with Crippen LogP contribution in [0, 0.1) is 0 Å². The molecule has 1 fully saturated rings. The fourth-order valence-corrected chi connectivity index (χ4v) is 2.71. The average molecular weight is 299 g/mol. The number of hydrogen-bond donors (Lipinski definition) is 2. The van der Waals surface area contributed by atoms with Crippen molar-refractivity contribution in [2.24, 2.45) is 0 Å². The van der Waals surface area contributed by atoms with Crippen molar-refractivity contribution in [1.82, 2.24) is 9.55 Å². The summed E-state index contributed by atoms with van der Waals surface area (Å²) in [5.41, 5.74) is 0.320. The number of hydrogen-bond acceptors (Lipinski definition) is 4. The predicted molar refractivity (Wildman–Crippen MR) is 82.7 cm³/mol. The number of rotatable bonds is 4. The summed E-state index contributed by atoms with van der Waals surface area (Å²) < 4.78 is 1.29. The topological polar surface area (TPSA) is 84.2 Å². The molecule has 0 amide bonds. The smallest absolute Gasteiger partial charge is 0.337 e. The Kier molecular flexibility index (Phi) is 3.91. The highest BCUT2D eigenvalue weighted by Gasteiger charge is 2.15. The van der Waals surface area contributed by atoms with Crippen LogP contribution in [-0.4, -0.2) is 26.7 Å². The van der Waals surface area contributed by atoms with Gasteiger partial charge in [-0.05, 0) is 31.0 Å². The van der Waals surface area contributed by atoms with E-state index in [-0.39, 0.29) is 11.1 Å². The van der Waals surface area contributed by atoms with Crippen molar-refractivity contribution < 1.29 is 9.90 Å². The van der Waals surface area contributed by atoms with E-state index < -0.39 is 5.97 Å². The maximum absolute atomic E-state index is 11.9. The lowest BCUT2D eigenvalue weighted by Crippen LogP contribution is -2.19. The molecule has 22 heavy (non-hydrogen) atoms. The van der Waals surface area contributed by atoms with E-state index >= 15 is 0 Å². The van der Waals surface area contributed by atoms with E-state index in [0.29, 0.717) is 11.7 Å². The number of aromatic nitrogens is 2. The number of carboxylic acid groups (broad SMARTS) is 1. The van der Waals surface area contributed by atoms with E-state index in [4.69, 9.17) is 5.11 Å². The molecular formula is C16H17N3O3. The van der Waals surface area contributed by atoms with E-state index in [1.807, 2.05) is 6.07 Å². The number of pyridine rings is 2. The Hall–Kier alpha value is -2.63. The van der Waals surface area contributed by atoms with Crippen molar-refractivity contribution >= 4 is 11.8 Å². The summed E-state index contributed by atoms with van der Waals surface area (Å²) in [7, 11) is 0. The van der Waals surface area contributed by atoms with Crippen LogP contribution in [0.4, 0.5) is 5.82 Å². The molecule has 114 valence electrons. The molecule has 0 spiro atoms. The Morgan fingerprint density at radius 2 is 2.00 bits per heavy atom. The predicted octanol–water partition coefficient (Wildman–Crippen LogP) is 2.29. The molecule has 1 saturated carbocycles. The number of nitrogens with zero attached hydrogens (tertiary/aromatic N) is 2. The highest BCUT2D eigenvalue weighted by Crippen LogP contribution is 2.21. The zero-order valence-electron chi connectivity index (χ0n) is 12.0. The SMILES string of the molecule is O=C(O)c1ccc(=O)n(-c2ccc(NC3CCCC3)nc2)c1. The second-order valence-corrected chi connectivity index (χ2v) is 5.46. The van der Waals surface area contributed by atoms with Crippen LogP contribution in [0.15, 0.2) is 41.5 Å². The molecule has 1 aliphatic rings. The summed E-state index contributed by atoms with van der Waals surface area (Å²) in [5.74, 6) is -0.292. The Labute approximate surface area is 127 Å². The first kappa shape index (κ1) is 14.3. The largest absolute Gasteiger partial charge is 0.478 e. The Balaban J connectivity index is 1.84. The Bertz CT molecular complexity index is 731. The van der Waals surface area contributed by atoms with Crippen LogP contribution in [0.2, 0.25) is 0 Å². The minimum atomic E-state index is -1.07. The Morgan fingerprint density at radius 1 is 1.23 bits per heavy atom. The fourth-order valence-electron chi connectivity index (χ4n) is 2.71. The van der Waals surface area contributed by atoms with Crippen molar-refractivity contribution in [3.05, 3.63) is 52.6 Å². The van der Waals surface area contributed by atoms with E-state index in [1.54, 1.807) is 12.3 Å². The molecule has 2 heterocycles. The number of aromatic carboxylic acids is 1. The van der Waals surface area contributed by atoms with Gasteiger partial charge in [-0.25, -0.2) is 9.78 Å². The number of carbonyl (C=O) groups is 1. The van der Waals surface area contributed by atoms with Crippen molar-refractivity contribution in [1.29, 1.82) is 0 Å². The van der Waals surface area contributed by atoms with Gasteiger partial charge in [0.05, 0.1) is 17.4 Å². The number of anilines is 1. The van der Waals surface area contributed by atoms with Gasteiger partial charge in [-0.15, -0.1) is 0 Å². The fraction of sp³-hybridized carbons (Fsp3) is 0.312. The van der Waals surface area contributed by atoms with Crippen molar-refractivity contribution in [2.45, 2.75) is 31.7 Å². The molecule has 3 rings (SSSR count). The molecule has 0 aromatic carbocycles. The highest BCUT2D eigenvalue weighted by molar-refractivity contribution is 5.87. The van der Waals surface area contributed by atoms with Crippen molar-refractivity contribution in [3.63, 3.8) is 0 Å². The van der Waals surface area contributed by atoms with E-state index in [1.165, 1.54) is 35.7 Å². The molecule has 2 aromatic heterocycles. The second-order valence-electron chi connectivity index (χ2n) is 5.46. The quantitative estimate of drug-likeness (QED) is 0.905. The van der Waals surface area contributed by atoms with Crippen LogP contribution in [0.1, 0.15) is 36.0 Å². The third kappa shape index (κ3) is 3.00. The van der Waals surface area contributed by atoms with Gasteiger partial charge in [0.25, 0.3) is 5.56 Å². The first-order chi connectivity index (χ1) is 10.6. The summed E-state index contributed by atoms with van der Waals surface area (Å²) in [4.78, 5) is 27.2. The van der Waals surface area contributed by atoms with Gasteiger partial charge < -0.3 is 10.4 Å². The molecule has 6 heteroatoms. The van der Waals surface area contributed by atoms with Gasteiger partial charge in [0, 0.05) is 18.3 Å². The first-order valence-electron chi connectivity index (χ1n) is 7.32. The summed E-state index contributed by atoms with van der Waals surface area (Å²) >= 11 is 0. The van der Waals surface area contributed by atoms with Crippen LogP contribution in [0.5, 0.6) is 0 Å². The van der Waals surface area contributed by atoms with Gasteiger partial charge in [-0.1, -0.05) is 12.8 Å².